The minimum Gasteiger partial charge on any atom is -0.395 e. The van der Waals surface area contributed by atoms with Crippen molar-refractivity contribution in [1.29, 1.82) is 5.26 Å². The molecule has 18 heavy (non-hydrogen) atoms. The number of nitrogens with zero attached hydrogens (tertiary/aromatic N) is 2. The van der Waals surface area contributed by atoms with Crippen molar-refractivity contribution >= 4 is 5.91 Å². The van der Waals surface area contributed by atoms with Crippen LogP contribution in [0, 0.1) is 17.2 Å². The SMILES string of the molecule is CC(C)C(C)(C#N)NC(=O)CN1CCC[C@H]1CO. The van der Waals surface area contributed by atoms with Gasteiger partial charge in [-0.1, -0.05) is 13.8 Å². The Bertz CT molecular complexity index is 338. The van der Waals surface area contributed by atoms with E-state index in [0.29, 0.717) is 0 Å². The number of nitrogens with one attached hydrogen (secondary N) is 1. The van der Waals surface area contributed by atoms with E-state index in [-0.39, 0.29) is 31.0 Å². The Morgan fingerprint density at radius 1 is 1.67 bits per heavy atom. The summed E-state index contributed by atoms with van der Waals surface area (Å²) in [6.07, 6.45) is 1.95. The lowest BCUT2D eigenvalue weighted by molar-refractivity contribution is -0.124. The van der Waals surface area contributed by atoms with E-state index in [1.54, 1.807) is 6.92 Å². The number of nitriles is 1. The number of carbonyl (C=O) groups is 1. The molecule has 1 saturated heterocycles. The van der Waals surface area contributed by atoms with Gasteiger partial charge in [-0.3, -0.25) is 9.69 Å². The first-order valence-electron chi connectivity index (χ1n) is 6.50. The topological polar surface area (TPSA) is 76.4 Å². The van der Waals surface area contributed by atoms with Crippen LogP contribution in [0.2, 0.25) is 0 Å². The van der Waals surface area contributed by atoms with Crippen LogP contribution in [0.15, 0.2) is 0 Å². The molecule has 0 aliphatic carbocycles. The molecule has 102 valence electrons. The average Bonchev–Trinajstić information content (AvgIpc) is 2.75. The number of rotatable bonds is 5. The second-order valence-corrected chi connectivity index (χ2v) is 5.47. The zero-order valence-corrected chi connectivity index (χ0v) is 11.4. The third-order valence-electron chi connectivity index (χ3n) is 3.84. The summed E-state index contributed by atoms with van der Waals surface area (Å²) in [6.45, 7) is 6.75. The van der Waals surface area contributed by atoms with Gasteiger partial charge in [0, 0.05) is 6.04 Å². The van der Waals surface area contributed by atoms with Crippen LogP contribution in [-0.4, -0.2) is 47.2 Å². The minimum atomic E-state index is -0.828. The first-order chi connectivity index (χ1) is 8.42. The van der Waals surface area contributed by atoms with Gasteiger partial charge in [-0.2, -0.15) is 5.26 Å². The summed E-state index contributed by atoms with van der Waals surface area (Å²) >= 11 is 0. The van der Waals surface area contributed by atoms with Crippen LogP contribution >= 0.6 is 0 Å². The zero-order valence-electron chi connectivity index (χ0n) is 11.4. The van der Waals surface area contributed by atoms with E-state index in [2.05, 4.69) is 11.4 Å². The summed E-state index contributed by atoms with van der Waals surface area (Å²) in [5, 5.41) is 21.1. The number of hydrogen-bond acceptors (Lipinski definition) is 4. The third kappa shape index (κ3) is 3.44. The number of carbonyl (C=O) groups excluding carboxylic acids is 1. The summed E-state index contributed by atoms with van der Waals surface area (Å²) < 4.78 is 0. The Labute approximate surface area is 109 Å². The lowest BCUT2D eigenvalue weighted by Crippen LogP contribution is -2.52. The van der Waals surface area contributed by atoms with Crippen LogP contribution < -0.4 is 5.32 Å². The van der Waals surface area contributed by atoms with E-state index in [4.69, 9.17) is 5.26 Å². The predicted octanol–water partition coefficient (Wildman–Crippen LogP) is 0.498. The second kappa shape index (κ2) is 6.17. The number of aliphatic hydroxyl groups is 1. The van der Waals surface area contributed by atoms with Crippen LogP contribution in [-0.2, 0) is 4.79 Å². The Kier molecular flexibility index (Phi) is 5.12. The molecule has 0 bridgehead atoms. The molecule has 1 heterocycles. The van der Waals surface area contributed by atoms with Crippen molar-refractivity contribution < 1.29 is 9.90 Å². The van der Waals surface area contributed by atoms with Crippen LogP contribution in [0.4, 0.5) is 0 Å². The molecular formula is C13H23N3O2. The minimum absolute atomic E-state index is 0.0543. The fourth-order valence-electron chi connectivity index (χ4n) is 2.13. The lowest BCUT2D eigenvalue weighted by atomic mass is 9.90. The fraction of sp³-hybridized carbons (Fsp3) is 0.846. The molecule has 0 saturated carbocycles. The average molecular weight is 253 g/mol. The van der Waals surface area contributed by atoms with Crippen molar-refractivity contribution in [3.63, 3.8) is 0 Å². The molecular weight excluding hydrogens is 230 g/mol. The van der Waals surface area contributed by atoms with Crippen LogP contribution in [0.3, 0.4) is 0 Å². The molecule has 0 spiro atoms. The fourth-order valence-corrected chi connectivity index (χ4v) is 2.13. The summed E-state index contributed by atoms with van der Waals surface area (Å²) in [5.74, 6) is -0.0910. The highest BCUT2D eigenvalue weighted by Crippen LogP contribution is 2.18. The smallest absolute Gasteiger partial charge is 0.235 e. The van der Waals surface area contributed by atoms with Crippen molar-refractivity contribution in [2.45, 2.75) is 45.2 Å². The predicted molar refractivity (Wildman–Crippen MR) is 68.7 cm³/mol. The van der Waals surface area contributed by atoms with Gasteiger partial charge in [0.25, 0.3) is 0 Å². The molecule has 2 N–H and O–H groups in total. The Morgan fingerprint density at radius 3 is 2.83 bits per heavy atom. The second-order valence-electron chi connectivity index (χ2n) is 5.47. The quantitative estimate of drug-likeness (QED) is 0.748. The molecule has 1 aliphatic heterocycles. The first-order valence-corrected chi connectivity index (χ1v) is 6.50. The molecule has 0 radical (unpaired) electrons. The van der Waals surface area contributed by atoms with Gasteiger partial charge in [0.2, 0.25) is 5.91 Å². The van der Waals surface area contributed by atoms with Gasteiger partial charge < -0.3 is 10.4 Å². The lowest BCUT2D eigenvalue weighted by Gasteiger charge is -2.29. The molecule has 0 aromatic rings. The highest BCUT2D eigenvalue weighted by Gasteiger charge is 2.32. The highest BCUT2D eigenvalue weighted by molar-refractivity contribution is 5.79. The van der Waals surface area contributed by atoms with Crippen LogP contribution in [0.5, 0.6) is 0 Å². The van der Waals surface area contributed by atoms with Crippen LogP contribution in [0.25, 0.3) is 0 Å². The molecule has 1 fully saturated rings. The standard InChI is InChI=1S/C13H23N3O2/c1-10(2)13(3,9-14)15-12(18)7-16-6-4-5-11(16)8-17/h10-11,17H,4-8H2,1-3H3,(H,15,18)/t11-,13?/m0/s1. The molecule has 5 heteroatoms. The van der Waals surface area contributed by atoms with Gasteiger partial charge in [-0.05, 0) is 32.2 Å². The third-order valence-corrected chi connectivity index (χ3v) is 3.84. The summed E-state index contributed by atoms with van der Waals surface area (Å²) in [5.41, 5.74) is -0.828. The van der Waals surface area contributed by atoms with E-state index in [0.717, 1.165) is 19.4 Å². The summed E-state index contributed by atoms with van der Waals surface area (Å²) in [4.78, 5) is 13.9. The maximum absolute atomic E-state index is 12.0. The highest BCUT2D eigenvalue weighted by atomic mass is 16.3. The maximum Gasteiger partial charge on any atom is 0.235 e. The van der Waals surface area contributed by atoms with Crippen LogP contribution in [0.1, 0.15) is 33.6 Å². The number of likely N-dealkylation sites (tertiary alicyclic amines) is 1. The van der Waals surface area contributed by atoms with Gasteiger partial charge in [-0.25, -0.2) is 0 Å². The largest absolute Gasteiger partial charge is 0.395 e. The first kappa shape index (κ1) is 14.9. The van der Waals surface area contributed by atoms with Crippen molar-refractivity contribution in [2.75, 3.05) is 19.7 Å². The van der Waals surface area contributed by atoms with Gasteiger partial charge in [0.15, 0.2) is 0 Å². The molecule has 1 amide bonds. The van der Waals surface area contributed by atoms with Gasteiger partial charge in [0.05, 0.1) is 19.2 Å². The molecule has 5 nitrogen and oxygen atoms in total. The summed E-state index contributed by atoms with van der Waals surface area (Å²) in [7, 11) is 0. The van der Waals surface area contributed by atoms with E-state index in [1.165, 1.54) is 0 Å². The normalized spacial score (nSPS) is 23.7. The maximum atomic E-state index is 12.0. The number of amides is 1. The van der Waals surface area contributed by atoms with E-state index >= 15 is 0 Å². The molecule has 0 aromatic heterocycles. The van der Waals surface area contributed by atoms with Crippen molar-refractivity contribution in [3.8, 4) is 6.07 Å². The summed E-state index contributed by atoms with van der Waals surface area (Å²) in [6, 6.07) is 2.25. The van der Waals surface area contributed by atoms with Crippen molar-refractivity contribution in [3.05, 3.63) is 0 Å². The van der Waals surface area contributed by atoms with Gasteiger partial charge in [-0.15, -0.1) is 0 Å². The van der Waals surface area contributed by atoms with Gasteiger partial charge >= 0.3 is 0 Å². The molecule has 0 aromatic carbocycles. The Hall–Kier alpha value is -1.12. The Balaban J connectivity index is 2.54. The van der Waals surface area contributed by atoms with Crippen molar-refractivity contribution in [2.24, 2.45) is 5.92 Å². The monoisotopic (exact) mass is 253 g/mol. The molecule has 1 unspecified atom stereocenters. The van der Waals surface area contributed by atoms with Gasteiger partial charge in [0.1, 0.15) is 5.54 Å². The molecule has 1 aliphatic rings. The van der Waals surface area contributed by atoms with Crippen molar-refractivity contribution in [1.82, 2.24) is 10.2 Å². The Morgan fingerprint density at radius 2 is 2.33 bits per heavy atom. The van der Waals surface area contributed by atoms with E-state index in [1.807, 2.05) is 18.7 Å². The van der Waals surface area contributed by atoms with E-state index < -0.39 is 5.54 Å². The zero-order chi connectivity index (χ0) is 13.8. The molecule has 2 atom stereocenters. The number of hydrogen-bond donors (Lipinski definition) is 2. The molecule has 1 rings (SSSR count). The number of aliphatic hydroxyl groups excluding tert-OH is 1. The van der Waals surface area contributed by atoms with E-state index in [9.17, 15) is 9.90 Å².